The van der Waals surface area contributed by atoms with Crippen molar-refractivity contribution in [3.05, 3.63) is 59.0 Å². The SMILES string of the molecule is Cc1ccc(C#N)cc1C(=O)NC1CCC2NNC(c3ccoc3)C2C1. The van der Waals surface area contributed by atoms with E-state index in [1.807, 2.05) is 19.1 Å². The van der Waals surface area contributed by atoms with Crippen LogP contribution in [0.25, 0.3) is 0 Å². The van der Waals surface area contributed by atoms with Crippen molar-refractivity contribution < 1.29 is 9.21 Å². The number of aryl methyl sites for hydroxylation is 1. The maximum absolute atomic E-state index is 12.7. The molecule has 0 bridgehead atoms. The molecular formula is C20H22N4O2. The van der Waals surface area contributed by atoms with Crippen molar-refractivity contribution in [2.45, 2.75) is 44.3 Å². The number of furan rings is 1. The number of hydrazine groups is 1. The molecule has 1 aliphatic heterocycles. The van der Waals surface area contributed by atoms with Crippen molar-refractivity contribution in [1.82, 2.24) is 16.2 Å². The van der Waals surface area contributed by atoms with E-state index in [1.54, 1.807) is 24.7 Å². The maximum Gasteiger partial charge on any atom is 0.251 e. The van der Waals surface area contributed by atoms with Crippen LogP contribution in [0.5, 0.6) is 0 Å². The quantitative estimate of drug-likeness (QED) is 0.791. The second kappa shape index (κ2) is 6.94. The van der Waals surface area contributed by atoms with Crippen LogP contribution in [0.3, 0.4) is 0 Å². The van der Waals surface area contributed by atoms with Gasteiger partial charge in [0, 0.05) is 23.2 Å². The number of fused-ring (bicyclic) bond motifs is 1. The Hall–Kier alpha value is -2.62. The zero-order valence-corrected chi connectivity index (χ0v) is 14.7. The first-order chi connectivity index (χ1) is 12.7. The second-order valence-corrected chi connectivity index (χ2v) is 7.22. The molecule has 1 aromatic carbocycles. The molecule has 0 radical (unpaired) electrons. The Morgan fingerprint density at radius 3 is 2.96 bits per heavy atom. The summed E-state index contributed by atoms with van der Waals surface area (Å²) < 4.78 is 5.23. The van der Waals surface area contributed by atoms with Gasteiger partial charge in [-0.1, -0.05) is 6.07 Å². The summed E-state index contributed by atoms with van der Waals surface area (Å²) in [6, 6.07) is 10.1. The van der Waals surface area contributed by atoms with Gasteiger partial charge in [-0.15, -0.1) is 0 Å². The van der Waals surface area contributed by atoms with Crippen LogP contribution in [0.1, 0.15) is 52.4 Å². The highest BCUT2D eigenvalue weighted by atomic mass is 16.3. The molecule has 1 aromatic heterocycles. The molecule has 1 saturated heterocycles. The fraction of sp³-hybridized carbons (Fsp3) is 0.400. The summed E-state index contributed by atoms with van der Waals surface area (Å²) in [7, 11) is 0. The van der Waals surface area contributed by atoms with E-state index in [1.165, 1.54) is 0 Å². The standard InChI is InChI=1S/C20H22N4O2/c1-12-2-3-13(10-21)8-16(12)20(25)22-15-4-5-18-17(9-15)19(24-23-18)14-6-7-26-11-14/h2-3,6-8,11,15,17-19,23-24H,4-5,9H2,1H3,(H,22,25). The molecule has 4 rings (SSSR count). The first-order valence-corrected chi connectivity index (χ1v) is 9.00. The minimum absolute atomic E-state index is 0.0955. The van der Waals surface area contributed by atoms with Gasteiger partial charge in [-0.05, 0) is 55.9 Å². The number of benzene rings is 1. The lowest BCUT2D eigenvalue weighted by molar-refractivity contribution is 0.0914. The average Bonchev–Trinajstić information content (AvgIpc) is 3.31. The Balaban J connectivity index is 1.46. The summed E-state index contributed by atoms with van der Waals surface area (Å²) in [6.07, 6.45) is 6.33. The molecule has 2 aromatic rings. The molecule has 3 N–H and O–H groups in total. The molecule has 1 aliphatic carbocycles. The van der Waals surface area contributed by atoms with Crippen molar-refractivity contribution in [3.8, 4) is 6.07 Å². The van der Waals surface area contributed by atoms with Gasteiger partial charge >= 0.3 is 0 Å². The molecule has 0 spiro atoms. The number of rotatable bonds is 3. The first-order valence-electron chi connectivity index (χ1n) is 9.00. The summed E-state index contributed by atoms with van der Waals surface area (Å²) in [5.41, 5.74) is 9.87. The van der Waals surface area contributed by atoms with Gasteiger partial charge in [-0.3, -0.25) is 10.2 Å². The van der Waals surface area contributed by atoms with Crippen LogP contribution in [-0.2, 0) is 0 Å². The third-order valence-electron chi connectivity index (χ3n) is 5.60. The third kappa shape index (κ3) is 3.12. The van der Waals surface area contributed by atoms with Crippen LogP contribution < -0.4 is 16.2 Å². The van der Waals surface area contributed by atoms with Gasteiger partial charge in [0.2, 0.25) is 0 Å². The van der Waals surface area contributed by atoms with Gasteiger partial charge < -0.3 is 9.73 Å². The number of nitriles is 1. The Labute approximate surface area is 152 Å². The summed E-state index contributed by atoms with van der Waals surface area (Å²) in [6.45, 7) is 1.90. The summed E-state index contributed by atoms with van der Waals surface area (Å²) in [4.78, 5) is 12.7. The average molecular weight is 350 g/mol. The lowest BCUT2D eigenvalue weighted by atomic mass is 9.77. The van der Waals surface area contributed by atoms with Gasteiger partial charge in [0.05, 0.1) is 30.2 Å². The Kier molecular flexibility index (Phi) is 4.49. The van der Waals surface area contributed by atoms with E-state index >= 15 is 0 Å². The molecule has 6 heteroatoms. The van der Waals surface area contributed by atoms with Gasteiger partial charge in [0.25, 0.3) is 5.91 Å². The minimum atomic E-state index is -0.0955. The Bertz CT molecular complexity index is 840. The van der Waals surface area contributed by atoms with Crippen LogP contribution in [0.4, 0.5) is 0 Å². The molecule has 26 heavy (non-hydrogen) atoms. The highest BCUT2D eigenvalue weighted by molar-refractivity contribution is 5.96. The second-order valence-electron chi connectivity index (χ2n) is 7.22. The van der Waals surface area contributed by atoms with E-state index in [-0.39, 0.29) is 18.0 Å². The molecule has 4 unspecified atom stereocenters. The van der Waals surface area contributed by atoms with E-state index in [0.29, 0.717) is 23.1 Å². The maximum atomic E-state index is 12.7. The third-order valence-corrected chi connectivity index (χ3v) is 5.60. The predicted molar refractivity (Wildman–Crippen MR) is 96.0 cm³/mol. The number of amides is 1. The molecule has 2 heterocycles. The molecule has 1 saturated carbocycles. The molecule has 134 valence electrons. The summed E-state index contributed by atoms with van der Waals surface area (Å²) in [5, 5.41) is 12.3. The van der Waals surface area contributed by atoms with E-state index in [2.05, 4.69) is 22.2 Å². The zero-order valence-electron chi connectivity index (χ0n) is 14.7. The normalized spacial score (nSPS) is 27.5. The lowest BCUT2D eigenvalue weighted by Crippen LogP contribution is -2.44. The number of hydrogen-bond donors (Lipinski definition) is 3. The van der Waals surface area contributed by atoms with Crippen LogP contribution in [0.2, 0.25) is 0 Å². The molecule has 4 atom stereocenters. The highest BCUT2D eigenvalue weighted by Crippen LogP contribution is 2.38. The minimum Gasteiger partial charge on any atom is -0.472 e. The Morgan fingerprint density at radius 1 is 1.31 bits per heavy atom. The summed E-state index contributed by atoms with van der Waals surface area (Å²) in [5.74, 6) is 0.306. The molecular weight excluding hydrogens is 328 g/mol. The van der Waals surface area contributed by atoms with Crippen LogP contribution in [-0.4, -0.2) is 18.0 Å². The monoisotopic (exact) mass is 350 g/mol. The van der Waals surface area contributed by atoms with Gasteiger partial charge in [-0.25, -0.2) is 5.43 Å². The smallest absolute Gasteiger partial charge is 0.251 e. The predicted octanol–water partition coefficient (Wildman–Crippen LogP) is 2.58. The van der Waals surface area contributed by atoms with Gasteiger partial charge in [0.1, 0.15) is 0 Å². The fourth-order valence-corrected chi connectivity index (χ4v) is 4.17. The van der Waals surface area contributed by atoms with E-state index in [9.17, 15) is 4.79 Å². The molecule has 2 fully saturated rings. The van der Waals surface area contributed by atoms with Gasteiger partial charge in [-0.2, -0.15) is 5.26 Å². The zero-order chi connectivity index (χ0) is 18.1. The van der Waals surface area contributed by atoms with Crippen molar-refractivity contribution in [1.29, 1.82) is 5.26 Å². The van der Waals surface area contributed by atoms with Crippen molar-refractivity contribution in [3.63, 3.8) is 0 Å². The van der Waals surface area contributed by atoms with Crippen molar-refractivity contribution >= 4 is 5.91 Å². The Morgan fingerprint density at radius 2 is 2.19 bits per heavy atom. The number of hydrogen-bond acceptors (Lipinski definition) is 5. The van der Waals surface area contributed by atoms with E-state index in [4.69, 9.17) is 9.68 Å². The topological polar surface area (TPSA) is 90.1 Å². The van der Waals surface area contributed by atoms with Crippen LogP contribution >= 0.6 is 0 Å². The number of carbonyl (C=O) groups excluding carboxylic acids is 1. The number of nitrogens with one attached hydrogen (secondary N) is 3. The summed E-state index contributed by atoms with van der Waals surface area (Å²) >= 11 is 0. The lowest BCUT2D eigenvalue weighted by Gasteiger charge is -2.33. The van der Waals surface area contributed by atoms with Crippen LogP contribution in [0, 0.1) is 24.2 Å². The number of carbonyl (C=O) groups is 1. The molecule has 1 amide bonds. The van der Waals surface area contributed by atoms with Gasteiger partial charge in [0.15, 0.2) is 0 Å². The fourth-order valence-electron chi connectivity index (χ4n) is 4.17. The molecule has 6 nitrogen and oxygen atoms in total. The highest BCUT2D eigenvalue weighted by Gasteiger charge is 2.41. The van der Waals surface area contributed by atoms with Crippen molar-refractivity contribution in [2.75, 3.05) is 0 Å². The van der Waals surface area contributed by atoms with Crippen LogP contribution in [0.15, 0.2) is 41.2 Å². The molecule has 2 aliphatic rings. The first kappa shape index (κ1) is 16.8. The largest absolute Gasteiger partial charge is 0.472 e. The van der Waals surface area contributed by atoms with E-state index in [0.717, 1.165) is 30.4 Å². The van der Waals surface area contributed by atoms with Crippen molar-refractivity contribution in [2.24, 2.45) is 5.92 Å². The van der Waals surface area contributed by atoms with E-state index < -0.39 is 0 Å². The number of nitrogens with zero attached hydrogens (tertiary/aromatic N) is 1.